The Labute approximate surface area is 231 Å². The van der Waals surface area contributed by atoms with Crippen molar-refractivity contribution in [3.05, 3.63) is 59.7 Å². The molecule has 2 aromatic carbocycles. The number of anilines is 1. The van der Waals surface area contributed by atoms with Crippen LogP contribution < -0.4 is 10.1 Å². The van der Waals surface area contributed by atoms with Gasteiger partial charge in [0.2, 0.25) is 5.91 Å². The van der Waals surface area contributed by atoms with Crippen LogP contribution in [0.25, 0.3) is 0 Å². The maximum absolute atomic E-state index is 13.6. The number of likely N-dealkylation sites (N-methyl/N-ethyl adjacent to an activating group) is 1. The first-order valence-electron chi connectivity index (χ1n) is 14.0. The van der Waals surface area contributed by atoms with Gasteiger partial charge in [-0.2, -0.15) is 0 Å². The van der Waals surface area contributed by atoms with Crippen molar-refractivity contribution in [2.24, 2.45) is 11.8 Å². The van der Waals surface area contributed by atoms with Crippen LogP contribution in [-0.4, -0.2) is 73.5 Å². The van der Waals surface area contributed by atoms with E-state index in [1.807, 2.05) is 49.1 Å². The molecule has 4 rings (SSSR count). The molecule has 1 aliphatic carbocycles. The molecular formula is C31H41N3O5. The van der Waals surface area contributed by atoms with Gasteiger partial charge in [-0.1, -0.05) is 44.4 Å². The van der Waals surface area contributed by atoms with Gasteiger partial charge in [0, 0.05) is 50.3 Å². The first kappa shape index (κ1) is 28.6. The van der Waals surface area contributed by atoms with Crippen LogP contribution in [0.3, 0.4) is 0 Å². The van der Waals surface area contributed by atoms with Crippen LogP contribution in [0.2, 0.25) is 0 Å². The Morgan fingerprint density at radius 3 is 2.41 bits per heavy atom. The molecule has 0 unspecified atom stereocenters. The summed E-state index contributed by atoms with van der Waals surface area (Å²) < 4.78 is 12.0. The standard InChI is InChI=1S/C31H41N3O5/c1-21-18-34(30(36)24-13-9-6-10-14-24)22(2)20-39-27-16-15-25(32-29(35)23-11-7-5-8-12-23)17-26(27)31(37)33(3)19-28(21)38-4/h6,9-10,13-17,21-23,28H,5,7-8,11-12,18-20H2,1-4H3,(H,32,35)/t21-,22+,28+/m1/s1. The smallest absolute Gasteiger partial charge is 0.257 e. The van der Waals surface area contributed by atoms with Gasteiger partial charge in [-0.25, -0.2) is 0 Å². The highest BCUT2D eigenvalue weighted by Gasteiger charge is 2.31. The lowest BCUT2D eigenvalue weighted by Crippen LogP contribution is -2.48. The zero-order valence-corrected chi connectivity index (χ0v) is 23.5. The van der Waals surface area contributed by atoms with Gasteiger partial charge in [-0.3, -0.25) is 14.4 Å². The number of carbonyl (C=O) groups excluding carboxylic acids is 3. The molecular weight excluding hydrogens is 494 g/mol. The molecule has 39 heavy (non-hydrogen) atoms. The second-order valence-corrected chi connectivity index (χ2v) is 11.0. The molecule has 8 heteroatoms. The van der Waals surface area contributed by atoms with Gasteiger partial charge >= 0.3 is 0 Å². The number of nitrogens with zero attached hydrogens (tertiary/aromatic N) is 2. The average Bonchev–Trinajstić information content (AvgIpc) is 2.97. The summed E-state index contributed by atoms with van der Waals surface area (Å²) in [7, 11) is 3.37. The Balaban J connectivity index is 1.62. The topological polar surface area (TPSA) is 88.2 Å². The van der Waals surface area contributed by atoms with E-state index in [1.165, 1.54) is 6.42 Å². The lowest BCUT2D eigenvalue weighted by atomic mass is 9.88. The quantitative estimate of drug-likeness (QED) is 0.605. The monoisotopic (exact) mass is 535 g/mol. The number of methoxy groups -OCH3 is 1. The van der Waals surface area contributed by atoms with Crippen LogP contribution in [0.15, 0.2) is 48.5 Å². The zero-order chi connectivity index (χ0) is 27.9. The Morgan fingerprint density at radius 1 is 1.00 bits per heavy atom. The summed E-state index contributed by atoms with van der Waals surface area (Å²) in [6.45, 7) is 4.99. The number of ether oxygens (including phenoxy) is 2. The second kappa shape index (κ2) is 13.1. The van der Waals surface area contributed by atoms with E-state index in [4.69, 9.17) is 9.47 Å². The molecule has 0 aromatic heterocycles. The van der Waals surface area contributed by atoms with Gasteiger partial charge in [0.05, 0.1) is 17.7 Å². The third kappa shape index (κ3) is 6.98. The van der Waals surface area contributed by atoms with Crippen LogP contribution in [0.1, 0.15) is 66.7 Å². The minimum atomic E-state index is -0.282. The van der Waals surface area contributed by atoms with Crippen molar-refractivity contribution in [2.75, 3.05) is 39.2 Å². The molecule has 0 radical (unpaired) electrons. The third-order valence-corrected chi connectivity index (χ3v) is 7.97. The van der Waals surface area contributed by atoms with E-state index in [0.717, 1.165) is 25.7 Å². The fraction of sp³-hybridized carbons (Fsp3) is 0.516. The van der Waals surface area contributed by atoms with Gasteiger partial charge in [0.25, 0.3) is 11.8 Å². The summed E-state index contributed by atoms with van der Waals surface area (Å²) in [6.07, 6.45) is 4.83. The van der Waals surface area contributed by atoms with Crippen molar-refractivity contribution in [1.29, 1.82) is 0 Å². The molecule has 3 atom stereocenters. The number of amides is 3. The van der Waals surface area contributed by atoms with E-state index in [2.05, 4.69) is 5.32 Å². The largest absolute Gasteiger partial charge is 0.491 e. The molecule has 210 valence electrons. The van der Waals surface area contributed by atoms with Gasteiger partial charge in [-0.15, -0.1) is 0 Å². The van der Waals surface area contributed by atoms with Gasteiger partial charge in [0.1, 0.15) is 12.4 Å². The number of hydrogen-bond acceptors (Lipinski definition) is 5. The van der Waals surface area contributed by atoms with Crippen molar-refractivity contribution < 1.29 is 23.9 Å². The molecule has 0 spiro atoms. The zero-order valence-electron chi connectivity index (χ0n) is 23.5. The number of hydrogen-bond donors (Lipinski definition) is 1. The van der Waals surface area contributed by atoms with Gasteiger partial charge in [0.15, 0.2) is 0 Å². The Kier molecular flexibility index (Phi) is 9.62. The predicted molar refractivity (Wildman–Crippen MR) is 151 cm³/mol. The highest BCUT2D eigenvalue weighted by Crippen LogP contribution is 2.29. The van der Waals surface area contributed by atoms with E-state index in [9.17, 15) is 14.4 Å². The molecule has 0 saturated heterocycles. The van der Waals surface area contributed by atoms with Crippen LogP contribution in [-0.2, 0) is 9.53 Å². The molecule has 8 nitrogen and oxygen atoms in total. The maximum atomic E-state index is 13.6. The summed E-state index contributed by atoms with van der Waals surface area (Å²) in [6, 6.07) is 14.2. The van der Waals surface area contributed by atoms with Crippen molar-refractivity contribution in [2.45, 2.75) is 58.1 Å². The summed E-state index contributed by atoms with van der Waals surface area (Å²) in [5.41, 5.74) is 1.56. The van der Waals surface area contributed by atoms with E-state index in [0.29, 0.717) is 35.7 Å². The van der Waals surface area contributed by atoms with E-state index in [1.54, 1.807) is 37.3 Å². The number of fused-ring (bicyclic) bond motifs is 1. The Morgan fingerprint density at radius 2 is 1.72 bits per heavy atom. The number of nitrogens with one attached hydrogen (secondary N) is 1. The molecule has 3 amide bonds. The van der Waals surface area contributed by atoms with Crippen molar-refractivity contribution in [3.63, 3.8) is 0 Å². The molecule has 2 aromatic rings. The SMILES string of the molecule is CO[C@H]1CN(C)C(=O)c2cc(NC(=O)C3CCCCC3)ccc2OC[C@H](C)N(C(=O)c2ccccc2)C[C@H]1C. The van der Waals surface area contributed by atoms with Gasteiger partial charge in [-0.05, 0) is 50.1 Å². The molecule has 1 fully saturated rings. The Hall–Kier alpha value is -3.39. The Bertz CT molecular complexity index is 1150. The molecule has 1 saturated carbocycles. The van der Waals surface area contributed by atoms with Crippen LogP contribution in [0, 0.1) is 11.8 Å². The molecule has 1 heterocycles. The van der Waals surface area contributed by atoms with Gasteiger partial charge < -0.3 is 24.6 Å². The van der Waals surface area contributed by atoms with Crippen molar-refractivity contribution >= 4 is 23.4 Å². The summed E-state index contributed by atoms with van der Waals surface area (Å²) >= 11 is 0. The second-order valence-electron chi connectivity index (χ2n) is 11.0. The lowest BCUT2D eigenvalue weighted by Gasteiger charge is -2.36. The van der Waals surface area contributed by atoms with Crippen LogP contribution in [0.4, 0.5) is 5.69 Å². The molecule has 1 aliphatic heterocycles. The molecule has 2 aliphatic rings. The van der Waals surface area contributed by atoms with Crippen molar-refractivity contribution in [1.82, 2.24) is 9.80 Å². The van der Waals surface area contributed by atoms with E-state index < -0.39 is 0 Å². The lowest BCUT2D eigenvalue weighted by molar-refractivity contribution is -0.120. The first-order valence-corrected chi connectivity index (χ1v) is 14.0. The maximum Gasteiger partial charge on any atom is 0.257 e. The minimum absolute atomic E-state index is 0.00138. The fourth-order valence-corrected chi connectivity index (χ4v) is 5.49. The highest BCUT2D eigenvalue weighted by atomic mass is 16.5. The predicted octanol–water partition coefficient (Wildman–Crippen LogP) is 4.85. The third-order valence-electron chi connectivity index (χ3n) is 7.97. The first-order chi connectivity index (χ1) is 18.8. The molecule has 0 bridgehead atoms. The highest BCUT2D eigenvalue weighted by molar-refractivity contribution is 6.00. The number of benzene rings is 2. The molecule has 1 N–H and O–H groups in total. The van der Waals surface area contributed by atoms with E-state index >= 15 is 0 Å². The summed E-state index contributed by atoms with van der Waals surface area (Å²) in [5.74, 6) is 0.104. The summed E-state index contributed by atoms with van der Waals surface area (Å²) in [5, 5.41) is 3.02. The normalized spacial score (nSPS) is 23.2. The fourth-order valence-electron chi connectivity index (χ4n) is 5.49. The van der Waals surface area contributed by atoms with Crippen molar-refractivity contribution in [3.8, 4) is 5.75 Å². The number of rotatable bonds is 4. The average molecular weight is 536 g/mol. The minimum Gasteiger partial charge on any atom is -0.491 e. The van der Waals surface area contributed by atoms with E-state index in [-0.39, 0.29) is 48.3 Å². The van der Waals surface area contributed by atoms with Crippen LogP contribution >= 0.6 is 0 Å². The van der Waals surface area contributed by atoms with Crippen LogP contribution in [0.5, 0.6) is 5.75 Å². The number of carbonyl (C=O) groups is 3. The summed E-state index contributed by atoms with van der Waals surface area (Å²) in [4.78, 5) is 43.5.